The monoisotopic (exact) mass is 424 g/mol. The van der Waals surface area contributed by atoms with Crippen LogP contribution in [-0.4, -0.2) is 28.5 Å². The van der Waals surface area contributed by atoms with Crippen LogP contribution in [0.1, 0.15) is 37.3 Å². The standard InChI is InChI=1S/C23H28N4S2/c1-3-4-5-19-15-28-23(26-19)25-18-9-7-17(8-10-18)12-13-24-22-27-20-11-6-16(2)14-21(20)29-22/h6-11,14,19H,3-5,12-13,15H2,1-2H3,(H,24,27)(H,25,26). The summed E-state index contributed by atoms with van der Waals surface area (Å²) in [5, 5.41) is 8.99. The molecular formula is C23H28N4S2. The van der Waals surface area contributed by atoms with Crippen LogP contribution in [0.2, 0.25) is 0 Å². The Morgan fingerprint density at radius 2 is 2.00 bits per heavy atom. The second-order valence-electron chi connectivity index (χ2n) is 7.53. The normalized spacial score (nSPS) is 16.2. The predicted octanol–water partition coefficient (Wildman–Crippen LogP) is 6.33. The second kappa shape index (κ2) is 9.63. The first kappa shape index (κ1) is 20.2. The number of aliphatic imine (C=N–C) groups is 1. The van der Waals surface area contributed by atoms with E-state index >= 15 is 0 Å². The summed E-state index contributed by atoms with van der Waals surface area (Å²) in [5.74, 6) is 1.11. The lowest BCUT2D eigenvalue weighted by molar-refractivity contribution is 0.630. The summed E-state index contributed by atoms with van der Waals surface area (Å²) < 4.78 is 1.24. The number of thioether (sulfide) groups is 1. The molecule has 6 heteroatoms. The van der Waals surface area contributed by atoms with E-state index in [0.717, 1.165) is 40.2 Å². The van der Waals surface area contributed by atoms with Crippen LogP contribution < -0.4 is 10.6 Å². The highest BCUT2D eigenvalue weighted by molar-refractivity contribution is 8.14. The molecule has 0 saturated carbocycles. The number of nitrogens with zero attached hydrogens (tertiary/aromatic N) is 2. The highest BCUT2D eigenvalue weighted by Crippen LogP contribution is 2.27. The topological polar surface area (TPSA) is 49.3 Å². The molecule has 1 aliphatic heterocycles. The maximum Gasteiger partial charge on any atom is 0.183 e. The lowest BCUT2D eigenvalue weighted by Crippen LogP contribution is -2.06. The van der Waals surface area contributed by atoms with E-state index in [9.17, 15) is 0 Å². The Morgan fingerprint density at radius 3 is 2.83 bits per heavy atom. The molecule has 4 rings (SSSR count). The quantitative estimate of drug-likeness (QED) is 0.443. The number of benzene rings is 2. The summed E-state index contributed by atoms with van der Waals surface area (Å²) in [4.78, 5) is 9.47. The molecule has 0 bridgehead atoms. The molecule has 0 aliphatic carbocycles. The molecule has 2 N–H and O–H groups in total. The van der Waals surface area contributed by atoms with Crippen molar-refractivity contribution in [2.45, 2.75) is 45.6 Å². The molecule has 0 spiro atoms. The van der Waals surface area contributed by atoms with Crippen molar-refractivity contribution in [3.63, 3.8) is 0 Å². The van der Waals surface area contributed by atoms with Gasteiger partial charge in [-0.05, 0) is 55.2 Å². The number of aryl methyl sites for hydroxylation is 1. The number of amidine groups is 1. The van der Waals surface area contributed by atoms with Crippen LogP contribution in [0.25, 0.3) is 10.2 Å². The average molecular weight is 425 g/mol. The number of anilines is 2. The van der Waals surface area contributed by atoms with Crippen LogP contribution in [-0.2, 0) is 6.42 Å². The first-order chi connectivity index (χ1) is 14.2. The molecule has 1 atom stereocenters. The molecular weight excluding hydrogens is 396 g/mol. The number of hydrogen-bond donors (Lipinski definition) is 2. The fourth-order valence-corrected chi connectivity index (χ4v) is 5.37. The Balaban J connectivity index is 1.26. The number of fused-ring (bicyclic) bond motifs is 1. The van der Waals surface area contributed by atoms with Crippen molar-refractivity contribution in [2.75, 3.05) is 22.9 Å². The van der Waals surface area contributed by atoms with Gasteiger partial charge in [-0.25, -0.2) is 4.98 Å². The van der Waals surface area contributed by atoms with E-state index < -0.39 is 0 Å². The predicted molar refractivity (Wildman–Crippen MR) is 130 cm³/mol. The fraction of sp³-hybridized carbons (Fsp3) is 0.391. The number of aromatic nitrogens is 1. The Hall–Kier alpha value is -2.05. The van der Waals surface area contributed by atoms with Crippen molar-refractivity contribution < 1.29 is 0 Å². The summed E-state index contributed by atoms with van der Waals surface area (Å²) >= 11 is 3.56. The number of unbranched alkanes of at least 4 members (excludes halogenated alkanes) is 1. The zero-order valence-corrected chi connectivity index (χ0v) is 18.7. The summed E-state index contributed by atoms with van der Waals surface area (Å²) in [6.07, 6.45) is 4.69. The van der Waals surface area contributed by atoms with Gasteiger partial charge in [0.25, 0.3) is 0 Å². The first-order valence-corrected chi connectivity index (χ1v) is 12.2. The molecule has 0 amide bonds. The lowest BCUT2D eigenvalue weighted by Gasteiger charge is -2.07. The summed E-state index contributed by atoms with van der Waals surface area (Å²) in [6, 6.07) is 15.6. The molecule has 0 saturated heterocycles. The van der Waals surface area contributed by atoms with Gasteiger partial charge in [0.15, 0.2) is 10.3 Å². The van der Waals surface area contributed by atoms with Crippen LogP contribution in [0.4, 0.5) is 10.8 Å². The molecule has 1 unspecified atom stereocenters. The van der Waals surface area contributed by atoms with Gasteiger partial charge >= 0.3 is 0 Å². The van der Waals surface area contributed by atoms with Gasteiger partial charge in [-0.1, -0.05) is 61.1 Å². The molecule has 3 aromatic rings. The first-order valence-electron chi connectivity index (χ1n) is 10.4. The van der Waals surface area contributed by atoms with Gasteiger partial charge in [0.1, 0.15) is 0 Å². The van der Waals surface area contributed by atoms with Gasteiger partial charge in [0, 0.05) is 18.0 Å². The molecule has 29 heavy (non-hydrogen) atoms. The van der Waals surface area contributed by atoms with Crippen LogP contribution >= 0.6 is 23.1 Å². The van der Waals surface area contributed by atoms with Crippen molar-refractivity contribution in [3.05, 3.63) is 53.6 Å². The third kappa shape index (κ3) is 5.52. The number of nitrogens with one attached hydrogen (secondary N) is 2. The largest absolute Gasteiger partial charge is 0.361 e. The third-order valence-corrected chi connectivity index (χ3v) is 7.05. The van der Waals surface area contributed by atoms with E-state index in [-0.39, 0.29) is 0 Å². The second-order valence-corrected chi connectivity index (χ2v) is 9.57. The zero-order valence-electron chi connectivity index (χ0n) is 17.1. The van der Waals surface area contributed by atoms with Gasteiger partial charge < -0.3 is 10.6 Å². The van der Waals surface area contributed by atoms with E-state index in [1.54, 1.807) is 11.3 Å². The Kier molecular flexibility index (Phi) is 6.72. The van der Waals surface area contributed by atoms with E-state index in [4.69, 9.17) is 4.99 Å². The van der Waals surface area contributed by atoms with Gasteiger partial charge in [-0.2, -0.15) is 0 Å². The van der Waals surface area contributed by atoms with Gasteiger partial charge in [-0.15, -0.1) is 0 Å². The SMILES string of the molecule is CCCCC1CSC(Nc2ccc(CCNc3nc4ccc(C)cc4s3)cc2)=N1. The van der Waals surface area contributed by atoms with E-state index in [1.807, 2.05) is 11.8 Å². The van der Waals surface area contributed by atoms with Crippen LogP contribution in [0.5, 0.6) is 0 Å². The fourth-order valence-electron chi connectivity index (χ4n) is 3.37. The molecule has 2 heterocycles. The molecule has 152 valence electrons. The minimum atomic E-state index is 0.485. The van der Waals surface area contributed by atoms with Crippen molar-refractivity contribution in [3.8, 4) is 0 Å². The maximum absolute atomic E-state index is 4.80. The van der Waals surface area contributed by atoms with Crippen molar-refractivity contribution in [2.24, 2.45) is 4.99 Å². The van der Waals surface area contributed by atoms with Crippen LogP contribution in [0, 0.1) is 6.92 Å². The van der Waals surface area contributed by atoms with Gasteiger partial charge in [0.2, 0.25) is 0 Å². The van der Waals surface area contributed by atoms with Crippen molar-refractivity contribution in [1.82, 2.24) is 4.98 Å². The smallest absolute Gasteiger partial charge is 0.183 e. The number of hydrogen-bond acceptors (Lipinski definition) is 6. The summed E-state index contributed by atoms with van der Waals surface area (Å²) in [7, 11) is 0. The Bertz CT molecular complexity index is 978. The third-order valence-electron chi connectivity index (χ3n) is 5.04. The minimum absolute atomic E-state index is 0.485. The highest BCUT2D eigenvalue weighted by atomic mass is 32.2. The summed E-state index contributed by atoms with van der Waals surface area (Å²) in [5.41, 5.74) is 4.79. The van der Waals surface area contributed by atoms with Gasteiger partial charge in [-0.3, -0.25) is 4.99 Å². The summed E-state index contributed by atoms with van der Waals surface area (Å²) in [6.45, 7) is 5.24. The molecule has 4 nitrogen and oxygen atoms in total. The molecule has 1 aromatic heterocycles. The van der Waals surface area contributed by atoms with Crippen LogP contribution in [0.15, 0.2) is 47.5 Å². The Labute approximate surface area is 181 Å². The van der Waals surface area contributed by atoms with Crippen molar-refractivity contribution in [1.29, 1.82) is 0 Å². The van der Waals surface area contributed by atoms with E-state index in [2.05, 4.69) is 71.9 Å². The molecule has 1 aliphatic rings. The highest BCUT2D eigenvalue weighted by Gasteiger charge is 2.17. The van der Waals surface area contributed by atoms with E-state index in [1.165, 1.54) is 35.1 Å². The number of rotatable bonds is 8. The van der Waals surface area contributed by atoms with Gasteiger partial charge in [0.05, 0.1) is 16.3 Å². The van der Waals surface area contributed by atoms with Crippen LogP contribution in [0.3, 0.4) is 0 Å². The number of thiazole rings is 1. The van der Waals surface area contributed by atoms with E-state index in [0.29, 0.717) is 6.04 Å². The molecule has 0 fully saturated rings. The minimum Gasteiger partial charge on any atom is -0.361 e. The maximum atomic E-state index is 4.80. The Morgan fingerprint density at radius 1 is 1.14 bits per heavy atom. The molecule has 2 aromatic carbocycles. The lowest BCUT2D eigenvalue weighted by atomic mass is 10.1. The average Bonchev–Trinajstić information content (AvgIpc) is 3.33. The zero-order chi connectivity index (χ0) is 20.1. The van der Waals surface area contributed by atoms with Crippen molar-refractivity contribution >= 4 is 49.3 Å². The molecule has 0 radical (unpaired) electrons.